The Morgan fingerprint density at radius 2 is 1.83 bits per heavy atom. The Balaban J connectivity index is 2.08. The fraction of sp³-hybridized carbons (Fsp3) is 0.400. The zero-order valence-corrected chi connectivity index (χ0v) is 11.6. The molecule has 0 saturated carbocycles. The minimum absolute atomic E-state index is 0.00254. The first kappa shape index (κ1) is 13.6. The van der Waals surface area contributed by atoms with Gasteiger partial charge in [-0.25, -0.2) is 16.8 Å². The van der Waals surface area contributed by atoms with Crippen LogP contribution in [0, 0.1) is 0 Å². The average molecular weight is 311 g/mol. The molecular formula is C10H11ClO5S2. The smallest absolute Gasteiger partial charge is 0.261 e. The van der Waals surface area contributed by atoms with Gasteiger partial charge >= 0.3 is 0 Å². The van der Waals surface area contributed by atoms with Gasteiger partial charge in [-0.2, -0.15) is 0 Å². The Kier molecular flexibility index (Phi) is 3.57. The fourth-order valence-corrected chi connectivity index (χ4v) is 4.09. The van der Waals surface area contributed by atoms with E-state index in [0.717, 1.165) is 0 Å². The van der Waals surface area contributed by atoms with E-state index in [4.69, 9.17) is 15.4 Å². The van der Waals surface area contributed by atoms with Crippen LogP contribution in [0.5, 0.6) is 5.75 Å². The summed E-state index contributed by atoms with van der Waals surface area (Å²) < 4.78 is 50.0. The quantitative estimate of drug-likeness (QED) is 0.783. The number of ether oxygens (including phenoxy) is 1. The highest BCUT2D eigenvalue weighted by atomic mass is 35.7. The standard InChI is InChI=1S/C10H11ClO5S2/c11-18(14,15)10-3-1-8(2-4-10)16-9-5-6-17(12,13)7-9/h1-4,9H,5-7H2. The van der Waals surface area contributed by atoms with Crippen molar-refractivity contribution < 1.29 is 21.6 Å². The summed E-state index contributed by atoms with van der Waals surface area (Å²) in [5.41, 5.74) is 0. The Hall–Kier alpha value is -0.790. The van der Waals surface area contributed by atoms with Crippen molar-refractivity contribution in [2.24, 2.45) is 0 Å². The first-order valence-corrected chi connectivity index (χ1v) is 9.31. The van der Waals surface area contributed by atoms with E-state index in [1.54, 1.807) is 0 Å². The highest BCUT2D eigenvalue weighted by molar-refractivity contribution is 8.13. The highest BCUT2D eigenvalue weighted by Crippen LogP contribution is 2.22. The number of rotatable bonds is 3. The Bertz CT molecular complexity index is 633. The maximum atomic E-state index is 11.2. The second-order valence-electron chi connectivity index (χ2n) is 4.05. The monoisotopic (exact) mass is 310 g/mol. The predicted molar refractivity (Wildman–Crippen MR) is 67.2 cm³/mol. The molecule has 8 heteroatoms. The van der Waals surface area contributed by atoms with Crippen LogP contribution in [0.4, 0.5) is 0 Å². The van der Waals surface area contributed by atoms with Crippen LogP contribution >= 0.6 is 10.7 Å². The second-order valence-corrected chi connectivity index (χ2v) is 8.85. The van der Waals surface area contributed by atoms with Crippen molar-refractivity contribution in [3.63, 3.8) is 0 Å². The van der Waals surface area contributed by atoms with Gasteiger partial charge in [-0.3, -0.25) is 0 Å². The van der Waals surface area contributed by atoms with Gasteiger partial charge in [0.1, 0.15) is 11.9 Å². The van der Waals surface area contributed by atoms with Crippen molar-refractivity contribution >= 4 is 29.6 Å². The molecule has 0 radical (unpaired) electrons. The fourth-order valence-electron chi connectivity index (χ4n) is 1.73. The molecule has 0 aliphatic carbocycles. The number of hydrogen-bond acceptors (Lipinski definition) is 5. The molecule has 0 bridgehead atoms. The summed E-state index contributed by atoms with van der Waals surface area (Å²) in [6, 6.07) is 5.56. The first-order valence-electron chi connectivity index (χ1n) is 5.18. The van der Waals surface area contributed by atoms with Gasteiger partial charge in [0.2, 0.25) is 0 Å². The van der Waals surface area contributed by atoms with Crippen molar-refractivity contribution in [3.05, 3.63) is 24.3 Å². The Morgan fingerprint density at radius 1 is 1.22 bits per heavy atom. The lowest BCUT2D eigenvalue weighted by molar-refractivity contribution is 0.229. The van der Waals surface area contributed by atoms with Crippen molar-refractivity contribution in [3.8, 4) is 5.75 Å². The highest BCUT2D eigenvalue weighted by Gasteiger charge is 2.29. The van der Waals surface area contributed by atoms with Gasteiger partial charge in [-0.15, -0.1) is 0 Å². The zero-order chi connectivity index (χ0) is 13.4. The van der Waals surface area contributed by atoms with E-state index >= 15 is 0 Å². The minimum Gasteiger partial charge on any atom is -0.489 e. The molecule has 100 valence electrons. The SMILES string of the molecule is O=S1(=O)CCC(Oc2ccc(S(=O)(=O)Cl)cc2)C1. The lowest BCUT2D eigenvalue weighted by Crippen LogP contribution is -2.17. The van der Waals surface area contributed by atoms with E-state index in [0.29, 0.717) is 12.2 Å². The number of sulfone groups is 1. The van der Waals surface area contributed by atoms with Gasteiger partial charge < -0.3 is 4.74 Å². The summed E-state index contributed by atoms with van der Waals surface area (Å²) >= 11 is 0. The lowest BCUT2D eigenvalue weighted by Gasteiger charge is -2.11. The minimum atomic E-state index is -3.74. The van der Waals surface area contributed by atoms with Crippen LogP contribution in [-0.4, -0.2) is 34.4 Å². The average Bonchev–Trinajstić information content (AvgIpc) is 2.57. The molecule has 1 aliphatic heterocycles. The molecule has 1 saturated heterocycles. The molecule has 0 amide bonds. The van der Waals surface area contributed by atoms with Crippen LogP contribution in [0.25, 0.3) is 0 Å². The lowest BCUT2D eigenvalue weighted by atomic mass is 10.3. The van der Waals surface area contributed by atoms with Gasteiger partial charge in [0.25, 0.3) is 9.05 Å². The first-order chi connectivity index (χ1) is 8.26. The van der Waals surface area contributed by atoms with E-state index < -0.39 is 18.9 Å². The molecule has 0 N–H and O–H groups in total. The molecule has 1 atom stereocenters. The van der Waals surface area contributed by atoms with E-state index in [9.17, 15) is 16.8 Å². The summed E-state index contributed by atoms with van der Waals surface area (Å²) in [6.07, 6.45) is 0.0891. The summed E-state index contributed by atoms with van der Waals surface area (Å²) in [5.74, 6) is 0.565. The van der Waals surface area contributed by atoms with E-state index in [1.165, 1.54) is 24.3 Å². The molecule has 0 spiro atoms. The summed E-state index contributed by atoms with van der Waals surface area (Å²) in [7, 11) is -1.56. The van der Waals surface area contributed by atoms with E-state index in [1.807, 2.05) is 0 Å². The van der Waals surface area contributed by atoms with E-state index in [2.05, 4.69) is 0 Å². The topological polar surface area (TPSA) is 77.5 Å². The van der Waals surface area contributed by atoms with Crippen LogP contribution < -0.4 is 4.74 Å². The molecule has 0 aromatic heterocycles. The third-order valence-electron chi connectivity index (χ3n) is 2.60. The largest absolute Gasteiger partial charge is 0.489 e. The van der Waals surface area contributed by atoms with Crippen molar-refractivity contribution in [2.45, 2.75) is 17.4 Å². The van der Waals surface area contributed by atoms with Crippen LogP contribution in [0.15, 0.2) is 29.2 Å². The Labute approximate surface area is 110 Å². The van der Waals surface area contributed by atoms with Crippen molar-refractivity contribution in [1.29, 1.82) is 0 Å². The molecule has 1 aliphatic rings. The zero-order valence-electron chi connectivity index (χ0n) is 9.24. The number of hydrogen-bond donors (Lipinski definition) is 0. The van der Waals surface area contributed by atoms with Crippen molar-refractivity contribution in [2.75, 3.05) is 11.5 Å². The third-order valence-corrected chi connectivity index (χ3v) is 5.71. The maximum Gasteiger partial charge on any atom is 0.261 e. The van der Waals surface area contributed by atoms with Gasteiger partial charge in [0.15, 0.2) is 9.84 Å². The summed E-state index contributed by atoms with van der Waals surface area (Å²) in [5, 5.41) is 0. The Morgan fingerprint density at radius 3 is 2.28 bits per heavy atom. The summed E-state index contributed by atoms with van der Waals surface area (Å²) in [6.45, 7) is 0. The van der Waals surface area contributed by atoms with Gasteiger partial charge in [-0.1, -0.05) is 0 Å². The van der Waals surface area contributed by atoms with E-state index in [-0.39, 0.29) is 22.5 Å². The predicted octanol–water partition coefficient (Wildman–Crippen LogP) is 1.18. The molecule has 1 aromatic rings. The van der Waals surface area contributed by atoms with Gasteiger partial charge in [0.05, 0.1) is 16.4 Å². The molecule has 1 fully saturated rings. The molecule has 2 rings (SSSR count). The van der Waals surface area contributed by atoms with Crippen molar-refractivity contribution in [1.82, 2.24) is 0 Å². The second kappa shape index (κ2) is 4.71. The third kappa shape index (κ3) is 3.37. The van der Waals surface area contributed by atoms with Crippen LogP contribution in [-0.2, 0) is 18.9 Å². The molecule has 1 aromatic carbocycles. The summed E-state index contributed by atoms with van der Waals surface area (Å²) in [4.78, 5) is -0.0180. The number of halogens is 1. The molecular weight excluding hydrogens is 300 g/mol. The molecule has 1 unspecified atom stereocenters. The normalized spacial score (nSPS) is 22.8. The molecule has 5 nitrogen and oxygen atoms in total. The van der Waals surface area contributed by atoms with Crippen LogP contribution in [0.3, 0.4) is 0 Å². The maximum absolute atomic E-state index is 11.2. The van der Waals surface area contributed by atoms with Crippen LogP contribution in [0.2, 0.25) is 0 Å². The number of benzene rings is 1. The molecule has 18 heavy (non-hydrogen) atoms. The van der Waals surface area contributed by atoms with Crippen LogP contribution in [0.1, 0.15) is 6.42 Å². The molecule has 1 heterocycles. The van der Waals surface area contributed by atoms with Gasteiger partial charge in [0, 0.05) is 10.7 Å². The van der Waals surface area contributed by atoms with Gasteiger partial charge in [-0.05, 0) is 30.7 Å².